The molecular weight excluding hydrogens is 485 g/mol. The molecule has 1 N–H and O–H groups in total. The fourth-order valence-electron chi connectivity index (χ4n) is 4.96. The van der Waals surface area contributed by atoms with Crippen molar-refractivity contribution < 1.29 is 9.59 Å². The summed E-state index contributed by atoms with van der Waals surface area (Å²) in [5, 5.41) is 3.45. The van der Waals surface area contributed by atoms with Crippen LogP contribution in [0.1, 0.15) is 34.0 Å². The summed E-state index contributed by atoms with van der Waals surface area (Å²) >= 11 is 12.6. The number of nitrogens with zero attached hydrogens (tertiary/aromatic N) is 2. The van der Waals surface area contributed by atoms with Gasteiger partial charge in [-0.3, -0.25) is 14.4 Å². The van der Waals surface area contributed by atoms with Gasteiger partial charge in [-0.05, 0) is 48.2 Å². The number of carbonyl (C=O) groups excluding carboxylic acids is 2. The van der Waals surface area contributed by atoms with E-state index in [0.29, 0.717) is 40.8 Å². The molecule has 0 saturated carbocycles. The molecule has 2 bridgehead atoms. The summed E-state index contributed by atoms with van der Waals surface area (Å²) in [5.41, 5.74) is 2.02. The molecule has 178 valence electrons. The van der Waals surface area contributed by atoms with Gasteiger partial charge in [0.05, 0.1) is 10.0 Å². The molecular formula is C27H23Cl2N3O3. The van der Waals surface area contributed by atoms with Crippen LogP contribution in [0.4, 0.5) is 0 Å². The molecule has 3 aromatic rings. The first-order chi connectivity index (χ1) is 16.9. The van der Waals surface area contributed by atoms with E-state index in [1.54, 1.807) is 65.6 Å². The molecule has 2 amide bonds. The van der Waals surface area contributed by atoms with E-state index in [-0.39, 0.29) is 29.0 Å². The SMILES string of the molecule is O=C(N/C(=C\c1cccc(Cl)c1Cl)C(=O)N1CC2CC(C1)c1cccc(=O)n1C2)c1ccccc1. The largest absolute Gasteiger partial charge is 0.336 e. The summed E-state index contributed by atoms with van der Waals surface area (Å²) in [6.45, 7) is 1.53. The van der Waals surface area contributed by atoms with Crippen LogP contribution < -0.4 is 10.9 Å². The Morgan fingerprint density at radius 1 is 0.914 bits per heavy atom. The maximum Gasteiger partial charge on any atom is 0.270 e. The van der Waals surface area contributed by atoms with E-state index < -0.39 is 5.91 Å². The van der Waals surface area contributed by atoms with Crippen LogP contribution in [0.5, 0.6) is 0 Å². The van der Waals surface area contributed by atoms with Crippen molar-refractivity contribution in [1.29, 1.82) is 0 Å². The van der Waals surface area contributed by atoms with Crippen LogP contribution >= 0.6 is 23.2 Å². The number of hydrogen-bond acceptors (Lipinski definition) is 3. The Bertz CT molecular complexity index is 1380. The number of piperidine rings is 1. The predicted octanol–water partition coefficient (Wildman–Crippen LogP) is 4.57. The lowest BCUT2D eigenvalue weighted by Gasteiger charge is -2.43. The average molecular weight is 508 g/mol. The van der Waals surface area contributed by atoms with Gasteiger partial charge < -0.3 is 14.8 Å². The number of likely N-dealkylation sites (tertiary alicyclic amines) is 1. The van der Waals surface area contributed by atoms with E-state index in [9.17, 15) is 14.4 Å². The van der Waals surface area contributed by atoms with Gasteiger partial charge >= 0.3 is 0 Å². The number of pyridine rings is 1. The van der Waals surface area contributed by atoms with Crippen molar-refractivity contribution in [3.05, 3.63) is 110 Å². The van der Waals surface area contributed by atoms with Crippen LogP contribution in [-0.4, -0.2) is 34.4 Å². The molecule has 2 atom stereocenters. The maximum atomic E-state index is 13.8. The predicted molar refractivity (Wildman–Crippen MR) is 136 cm³/mol. The zero-order chi connectivity index (χ0) is 24.5. The minimum absolute atomic E-state index is 0.0108. The average Bonchev–Trinajstić information content (AvgIpc) is 2.87. The van der Waals surface area contributed by atoms with Crippen LogP contribution in [0.2, 0.25) is 10.0 Å². The number of aromatic nitrogens is 1. The second-order valence-corrected chi connectivity index (χ2v) is 9.71. The number of carbonyl (C=O) groups is 2. The van der Waals surface area contributed by atoms with E-state index in [2.05, 4.69) is 5.32 Å². The van der Waals surface area contributed by atoms with E-state index in [0.717, 1.165) is 12.1 Å². The summed E-state index contributed by atoms with van der Waals surface area (Å²) in [5.74, 6) is -0.475. The first-order valence-corrected chi connectivity index (χ1v) is 12.2. The molecule has 5 rings (SSSR count). The number of halogens is 2. The zero-order valence-corrected chi connectivity index (χ0v) is 20.3. The highest BCUT2D eigenvalue weighted by atomic mass is 35.5. The van der Waals surface area contributed by atoms with Crippen LogP contribution in [0.3, 0.4) is 0 Å². The summed E-state index contributed by atoms with van der Waals surface area (Å²) in [6.07, 6.45) is 2.49. The number of fused-ring (bicyclic) bond motifs is 4. The monoisotopic (exact) mass is 507 g/mol. The van der Waals surface area contributed by atoms with Crippen LogP contribution in [0.15, 0.2) is 77.2 Å². The molecule has 2 aromatic carbocycles. The minimum Gasteiger partial charge on any atom is -0.336 e. The third-order valence-electron chi connectivity index (χ3n) is 6.56. The van der Waals surface area contributed by atoms with Gasteiger partial charge in [0, 0.05) is 42.9 Å². The van der Waals surface area contributed by atoms with Gasteiger partial charge in [0.2, 0.25) is 0 Å². The summed E-state index contributed by atoms with van der Waals surface area (Å²) in [4.78, 5) is 40.8. The van der Waals surface area contributed by atoms with Gasteiger partial charge in [0.25, 0.3) is 17.4 Å². The van der Waals surface area contributed by atoms with Gasteiger partial charge in [0.1, 0.15) is 5.70 Å². The first kappa shape index (κ1) is 23.4. The first-order valence-electron chi connectivity index (χ1n) is 11.4. The van der Waals surface area contributed by atoms with Crippen molar-refractivity contribution in [2.45, 2.75) is 18.9 Å². The molecule has 6 nitrogen and oxygen atoms in total. The highest BCUT2D eigenvalue weighted by molar-refractivity contribution is 6.43. The van der Waals surface area contributed by atoms with Crippen molar-refractivity contribution in [2.75, 3.05) is 13.1 Å². The van der Waals surface area contributed by atoms with Crippen LogP contribution in [-0.2, 0) is 11.3 Å². The smallest absolute Gasteiger partial charge is 0.270 e. The molecule has 2 aliphatic rings. The molecule has 0 radical (unpaired) electrons. The zero-order valence-electron chi connectivity index (χ0n) is 18.8. The minimum atomic E-state index is -0.391. The number of nitrogens with one attached hydrogen (secondary N) is 1. The standard InChI is InChI=1S/C27H23Cl2N3O3/c28-21-9-4-8-19(25(21)29)13-22(30-26(34)18-6-2-1-3-7-18)27(35)31-14-17-12-20(16-31)23-10-5-11-24(33)32(23)15-17/h1-11,13,17,20H,12,14-16H2,(H,30,34)/b22-13-. The van der Waals surface area contributed by atoms with E-state index in [1.165, 1.54) is 0 Å². The molecule has 0 aliphatic carbocycles. The Kier molecular flexibility index (Phi) is 6.50. The lowest BCUT2D eigenvalue weighted by molar-refractivity contribution is -0.130. The summed E-state index contributed by atoms with van der Waals surface area (Å²) < 4.78 is 1.82. The Hall–Kier alpha value is -3.35. The maximum absolute atomic E-state index is 13.8. The Morgan fingerprint density at radius 3 is 2.49 bits per heavy atom. The third kappa shape index (κ3) is 4.77. The molecule has 35 heavy (non-hydrogen) atoms. The number of benzene rings is 2. The van der Waals surface area contributed by atoms with E-state index in [4.69, 9.17) is 23.2 Å². The fraction of sp³-hybridized carbons (Fsp3) is 0.222. The topological polar surface area (TPSA) is 71.4 Å². The van der Waals surface area contributed by atoms with E-state index >= 15 is 0 Å². The van der Waals surface area contributed by atoms with E-state index in [1.807, 2.05) is 16.7 Å². The molecule has 2 aliphatic heterocycles. The number of amides is 2. The van der Waals surface area contributed by atoms with Crippen molar-refractivity contribution in [3.8, 4) is 0 Å². The molecule has 1 aromatic heterocycles. The molecule has 3 heterocycles. The lowest BCUT2D eigenvalue weighted by Crippen LogP contribution is -2.50. The number of hydrogen-bond donors (Lipinski definition) is 1. The Balaban J connectivity index is 1.47. The Morgan fingerprint density at radius 2 is 1.69 bits per heavy atom. The Labute approximate surface area is 212 Å². The van der Waals surface area contributed by atoms with Gasteiger partial charge in [-0.1, -0.05) is 59.6 Å². The summed E-state index contributed by atoms with van der Waals surface area (Å²) in [7, 11) is 0. The van der Waals surface area contributed by atoms with Gasteiger partial charge in [-0.25, -0.2) is 0 Å². The van der Waals surface area contributed by atoms with Gasteiger partial charge in [0.15, 0.2) is 0 Å². The van der Waals surface area contributed by atoms with Crippen LogP contribution in [0.25, 0.3) is 6.08 Å². The highest BCUT2D eigenvalue weighted by Crippen LogP contribution is 2.35. The van der Waals surface area contributed by atoms with Crippen molar-refractivity contribution in [2.24, 2.45) is 5.92 Å². The lowest BCUT2D eigenvalue weighted by atomic mass is 9.83. The van der Waals surface area contributed by atoms with Crippen LogP contribution in [0, 0.1) is 5.92 Å². The van der Waals surface area contributed by atoms with Crippen molar-refractivity contribution >= 4 is 41.1 Å². The molecule has 1 saturated heterocycles. The third-order valence-corrected chi connectivity index (χ3v) is 7.40. The molecule has 8 heteroatoms. The molecule has 0 spiro atoms. The van der Waals surface area contributed by atoms with Gasteiger partial charge in [-0.2, -0.15) is 0 Å². The fourth-order valence-corrected chi connectivity index (χ4v) is 5.32. The van der Waals surface area contributed by atoms with Crippen molar-refractivity contribution in [1.82, 2.24) is 14.8 Å². The second kappa shape index (κ2) is 9.72. The normalized spacial score (nSPS) is 19.1. The molecule has 1 fully saturated rings. The second-order valence-electron chi connectivity index (χ2n) is 8.93. The summed E-state index contributed by atoms with van der Waals surface area (Å²) in [6, 6.07) is 19.1. The van der Waals surface area contributed by atoms with Gasteiger partial charge in [-0.15, -0.1) is 0 Å². The molecule has 2 unspecified atom stereocenters. The number of rotatable bonds is 4. The highest BCUT2D eigenvalue weighted by Gasteiger charge is 2.37. The quantitative estimate of drug-likeness (QED) is 0.525. The van der Waals surface area contributed by atoms with Crippen molar-refractivity contribution in [3.63, 3.8) is 0 Å².